The van der Waals surface area contributed by atoms with Crippen molar-refractivity contribution in [3.63, 3.8) is 0 Å². The summed E-state index contributed by atoms with van der Waals surface area (Å²) in [5.41, 5.74) is 0.169. The first-order valence-corrected chi connectivity index (χ1v) is 5.92. The lowest BCUT2D eigenvalue weighted by atomic mass is 10.1. The molecule has 0 fully saturated rings. The summed E-state index contributed by atoms with van der Waals surface area (Å²) in [6.07, 6.45) is 0. The summed E-state index contributed by atoms with van der Waals surface area (Å²) in [6, 6.07) is 9.74. The van der Waals surface area contributed by atoms with Crippen molar-refractivity contribution in [1.82, 2.24) is 5.32 Å². The Hall–Kier alpha value is -1.94. The van der Waals surface area contributed by atoms with Crippen LogP contribution >= 0.6 is 11.6 Å². The van der Waals surface area contributed by atoms with Crippen molar-refractivity contribution in [2.45, 2.75) is 6.54 Å². The molecule has 2 aromatic rings. The van der Waals surface area contributed by atoms with Crippen LogP contribution in [0.25, 0.3) is 0 Å². The summed E-state index contributed by atoms with van der Waals surface area (Å²) in [5, 5.41) is 2.71. The molecule has 0 aliphatic carbocycles. The summed E-state index contributed by atoms with van der Waals surface area (Å²) >= 11 is 5.70. The molecule has 0 heterocycles. The van der Waals surface area contributed by atoms with Crippen molar-refractivity contribution in [2.24, 2.45) is 0 Å². The fraction of sp³-hybridized carbons (Fsp3) is 0.0714. The fourth-order valence-corrected chi connectivity index (χ4v) is 1.76. The van der Waals surface area contributed by atoms with Crippen molar-refractivity contribution >= 4 is 17.5 Å². The van der Waals surface area contributed by atoms with Crippen LogP contribution in [-0.2, 0) is 6.54 Å². The van der Waals surface area contributed by atoms with Crippen LogP contribution in [-0.4, -0.2) is 5.91 Å². The molecule has 2 rings (SSSR count). The molecule has 2 nitrogen and oxygen atoms in total. The molecule has 0 saturated carbocycles. The third-order valence-corrected chi connectivity index (χ3v) is 2.81. The molecule has 0 saturated heterocycles. The van der Waals surface area contributed by atoms with Gasteiger partial charge >= 0.3 is 0 Å². The van der Waals surface area contributed by atoms with E-state index in [0.29, 0.717) is 5.56 Å². The molecule has 0 radical (unpaired) electrons. The van der Waals surface area contributed by atoms with Gasteiger partial charge in [-0.1, -0.05) is 29.8 Å². The van der Waals surface area contributed by atoms with Gasteiger partial charge in [-0.15, -0.1) is 0 Å². The summed E-state index contributed by atoms with van der Waals surface area (Å²) in [5.74, 6) is -1.73. The topological polar surface area (TPSA) is 29.1 Å². The Balaban J connectivity index is 2.10. The van der Waals surface area contributed by atoms with E-state index >= 15 is 0 Å². The summed E-state index contributed by atoms with van der Waals surface area (Å²) in [6.45, 7) is -0.0164. The van der Waals surface area contributed by atoms with Crippen LogP contribution in [0.2, 0.25) is 5.02 Å². The van der Waals surface area contributed by atoms with E-state index in [4.69, 9.17) is 11.6 Å². The molecule has 0 bridgehead atoms. The smallest absolute Gasteiger partial charge is 0.254 e. The van der Waals surface area contributed by atoms with Gasteiger partial charge in [0.25, 0.3) is 5.91 Å². The largest absolute Gasteiger partial charge is 0.348 e. The van der Waals surface area contributed by atoms with Crippen LogP contribution in [0, 0.1) is 11.6 Å². The minimum Gasteiger partial charge on any atom is -0.348 e. The minimum absolute atomic E-state index is 0.0164. The van der Waals surface area contributed by atoms with E-state index in [1.807, 2.05) is 0 Å². The third-order valence-electron chi connectivity index (χ3n) is 2.57. The number of rotatable bonds is 3. The average Bonchev–Trinajstić information content (AvgIpc) is 2.40. The Morgan fingerprint density at radius 2 is 1.84 bits per heavy atom. The number of hydrogen-bond acceptors (Lipinski definition) is 1. The van der Waals surface area contributed by atoms with Crippen LogP contribution in [0.1, 0.15) is 15.9 Å². The predicted molar refractivity (Wildman–Crippen MR) is 69.0 cm³/mol. The van der Waals surface area contributed by atoms with Gasteiger partial charge in [0.1, 0.15) is 11.6 Å². The van der Waals surface area contributed by atoms with Crippen LogP contribution in [0.15, 0.2) is 42.5 Å². The standard InChI is InChI=1S/C14H10ClF2NO/c15-10-5-6-13(17)11(7-10)14(19)18-8-9-3-1-2-4-12(9)16/h1-7H,8H2,(H,18,19). The van der Waals surface area contributed by atoms with E-state index in [2.05, 4.69) is 5.32 Å². The number of hydrogen-bond donors (Lipinski definition) is 1. The molecule has 0 aromatic heterocycles. The number of carbonyl (C=O) groups is 1. The molecule has 1 N–H and O–H groups in total. The van der Waals surface area contributed by atoms with Gasteiger partial charge in [0.15, 0.2) is 0 Å². The average molecular weight is 282 g/mol. The molecule has 98 valence electrons. The van der Waals surface area contributed by atoms with Crippen molar-refractivity contribution in [1.29, 1.82) is 0 Å². The summed E-state index contributed by atoms with van der Waals surface area (Å²) in [7, 11) is 0. The quantitative estimate of drug-likeness (QED) is 0.916. The molecular formula is C14H10ClF2NO. The van der Waals surface area contributed by atoms with E-state index in [1.54, 1.807) is 18.2 Å². The van der Waals surface area contributed by atoms with Gasteiger partial charge in [-0.2, -0.15) is 0 Å². The SMILES string of the molecule is O=C(NCc1ccccc1F)c1cc(Cl)ccc1F. The van der Waals surface area contributed by atoms with Crippen molar-refractivity contribution in [2.75, 3.05) is 0 Å². The molecule has 1 amide bonds. The van der Waals surface area contributed by atoms with Gasteiger partial charge < -0.3 is 5.32 Å². The minimum atomic E-state index is -0.671. The van der Waals surface area contributed by atoms with Crippen molar-refractivity contribution in [3.8, 4) is 0 Å². The van der Waals surface area contributed by atoms with Gasteiger partial charge in [0.2, 0.25) is 0 Å². The van der Waals surface area contributed by atoms with Gasteiger partial charge in [0.05, 0.1) is 5.56 Å². The van der Waals surface area contributed by atoms with Crippen LogP contribution in [0.3, 0.4) is 0 Å². The maximum atomic E-state index is 13.4. The Bertz CT molecular complexity index is 616. The zero-order chi connectivity index (χ0) is 13.8. The fourth-order valence-electron chi connectivity index (χ4n) is 1.58. The Labute approximate surface area is 114 Å². The van der Waals surface area contributed by atoms with E-state index in [1.165, 1.54) is 18.2 Å². The maximum absolute atomic E-state index is 13.4. The lowest BCUT2D eigenvalue weighted by Crippen LogP contribution is -2.24. The van der Waals surface area contributed by atoms with E-state index in [0.717, 1.165) is 6.07 Å². The van der Waals surface area contributed by atoms with Crippen LogP contribution in [0.4, 0.5) is 8.78 Å². The van der Waals surface area contributed by atoms with Gasteiger partial charge in [-0.25, -0.2) is 8.78 Å². The van der Waals surface area contributed by atoms with Crippen molar-refractivity contribution < 1.29 is 13.6 Å². The number of benzene rings is 2. The second kappa shape index (κ2) is 5.80. The monoisotopic (exact) mass is 281 g/mol. The molecule has 0 aliphatic heterocycles. The summed E-state index contributed by atoms with van der Waals surface area (Å²) < 4.78 is 26.8. The first kappa shape index (κ1) is 13.5. The first-order chi connectivity index (χ1) is 9.08. The number of halogens is 3. The van der Waals surface area contributed by atoms with E-state index in [9.17, 15) is 13.6 Å². The zero-order valence-corrected chi connectivity index (χ0v) is 10.5. The number of carbonyl (C=O) groups excluding carboxylic acids is 1. The molecule has 0 unspecified atom stereocenters. The molecule has 0 spiro atoms. The Morgan fingerprint density at radius 3 is 2.58 bits per heavy atom. The first-order valence-electron chi connectivity index (χ1n) is 5.54. The van der Waals surface area contributed by atoms with Gasteiger partial charge in [-0.3, -0.25) is 4.79 Å². The van der Waals surface area contributed by atoms with Crippen molar-refractivity contribution in [3.05, 3.63) is 70.2 Å². The molecule has 0 atom stereocenters. The maximum Gasteiger partial charge on any atom is 0.254 e. The number of amides is 1. The molecule has 0 aliphatic rings. The molecule has 19 heavy (non-hydrogen) atoms. The van der Waals surface area contributed by atoms with Gasteiger partial charge in [-0.05, 0) is 24.3 Å². The Morgan fingerprint density at radius 1 is 1.11 bits per heavy atom. The van der Waals surface area contributed by atoms with E-state index in [-0.39, 0.29) is 17.1 Å². The molecule has 2 aromatic carbocycles. The second-order valence-corrected chi connectivity index (χ2v) is 4.33. The third kappa shape index (κ3) is 3.29. The highest BCUT2D eigenvalue weighted by molar-refractivity contribution is 6.30. The highest BCUT2D eigenvalue weighted by Crippen LogP contribution is 2.15. The van der Waals surface area contributed by atoms with Crippen LogP contribution < -0.4 is 5.32 Å². The lowest BCUT2D eigenvalue weighted by molar-refractivity contribution is 0.0946. The highest BCUT2D eigenvalue weighted by Gasteiger charge is 2.12. The highest BCUT2D eigenvalue weighted by atomic mass is 35.5. The molecular weight excluding hydrogens is 272 g/mol. The summed E-state index contributed by atoms with van der Waals surface area (Å²) in [4.78, 5) is 11.8. The lowest BCUT2D eigenvalue weighted by Gasteiger charge is -2.07. The van der Waals surface area contributed by atoms with E-state index < -0.39 is 17.5 Å². The molecule has 5 heteroatoms. The Kier molecular flexibility index (Phi) is 4.12. The zero-order valence-electron chi connectivity index (χ0n) is 9.79. The second-order valence-electron chi connectivity index (χ2n) is 3.90. The van der Waals surface area contributed by atoms with Crippen LogP contribution in [0.5, 0.6) is 0 Å². The normalized spacial score (nSPS) is 10.3. The van der Waals surface area contributed by atoms with Gasteiger partial charge in [0, 0.05) is 17.1 Å². The predicted octanol–water partition coefficient (Wildman–Crippen LogP) is 3.55. The number of nitrogens with one attached hydrogen (secondary N) is 1.